The number of carbonyl (C=O) groups is 1. The van der Waals surface area contributed by atoms with Crippen molar-refractivity contribution in [2.24, 2.45) is 0 Å². The average Bonchev–Trinajstić information content (AvgIpc) is 3.05. The largest absolute Gasteiger partial charge is 0.450 e. The lowest BCUT2D eigenvalue weighted by Crippen LogP contribution is -2.48. The first-order valence-electron chi connectivity index (χ1n) is 7.78. The van der Waals surface area contributed by atoms with Crippen molar-refractivity contribution in [3.05, 3.63) is 36.2 Å². The molecule has 0 aliphatic carbocycles. The minimum Gasteiger partial charge on any atom is -0.450 e. The molecule has 0 spiro atoms. The van der Waals surface area contributed by atoms with Crippen molar-refractivity contribution in [3.8, 4) is 11.5 Å². The zero-order chi connectivity index (χ0) is 16.1. The second-order valence-electron chi connectivity index (χ2n) is 5.33. The molecule has 2 aromatic rings. The number of amides is 1. The van der Waals surface area contributed by atoms with E-state index in [1.807, 2.05) is 37.3 Å². The molecule has 0 atom stereocenters. The van der Waals surface area contributed by atoms with Crippen LogP contribution in [0.5, 0.6) is 0 Å². The van der Waals surface area contributed by atoms with Crippen LogP contribution in [0.15, 0.2) is 34.7 Å². The molecular weight excluding hydrogens is 296 g/mol. The summed E-state index contributed by atoms with van der Waals surface area (Å²) in [7, 11) is 0. The lowest BCUT2D eigenvalue weighted by Gasteiger charge is -2.33. The van der Waals surface area contributed by atoms with E-state index in [4.69, 9.17) is 9.15 Å². The van der Waals surface area contributed by atoms with Gasteiger partial charge in [-0.05, 0) is 19.1 Å². The zero-order valence-electron chi connectivity index (χ0n) is 13.1. The first-order valence-corrected chi connectivity index (χ1v) is 7.78. The predicted molar refractivity (Wildman–Crippen MR) is 83.6 cm³/mol. The Morgan fingerprint density at radius 3 is 2.61 bits per heavy atom. The topological polar surface area (TPSA) is 71.7 Å². The molecule has 23 heavy (non-hydrogen) atoms. The second-order valence-corrected chi connectivity index (χ2v) is 5.33. The van der Waals surface area contributed by atoms with Crippen molar-refractivity contribution in [1.82, 2.24) is 20.0 Å². The third kappa shape index (κ3) is 3.87. The Bertz CT molecular complexity index is 636. The van der Waals surface area contributed by atoms with E-state index in [9.17, 15) is 4.79 Å². The van der Waals surface area contributed by atoms with Crippen LogP contribution in [0.1, 0.15) is 12.8 Å². The number of ether oxygens (including phenoxy) is 1. The van der Waals surface area contributed by atoms with Crippen LogP contribution in [-0.2, 0) is 11.3 Å². The summed E-state index contributed by atoms with van der Waals surface area (Å²) in [4.78, 5) is 15.6. The second kappa shape index (κ2) is 7.23. The number of hydrogen-bond acceptors (Lipinski definition) is 6. The Balaban J connectivity index is 1.53. The summed E-state index contributed by atoms with van der Waals surface area (Å²) in [5, 5.41) is 8.20. The average molecular weight is 316 g/mol. The molecule has 0 unspecified atom stereocenters. The van der Waals surface area contributed by atoms with E-state index in [-0.39, 0.29) is 6.09 Å². The maximum absolute atomic E-state index is 11.7. The normalized spacial score (nSPS) is 15.6. The van der Waals surface area contributed by atoms with Gasteiger partial charge in [-0.1, -0.05) is 18.2 Å². The molecule has 122 valence electrons. The van der Waals surface area contributed by atoms with Crippen molar-refractivity contribution in [1.29, 1.82) is 0 Å². The van der Waals surface area contributed by atoms with Crippen LogP contribution in [-0.4, -0.2) is 58.9 Å². The molecule has 1 saturated heterocycles. The minimum absolute atomic E-state index is 0.240. The van der Waals surface area contributed by atoms with Gasteiger partial charge in [0.1, 0.15) is 0 Å². The van der Waals surface area contributed by atoms with Crippen LogP contribution in [0.3, 0.4) is 0 Å². The molecule has 7 heteroatoms. The molecule has 1 fully saturated rings. The van der Waals surface area contributed by atoms with Gasteiger partial charge in [0.05, 0.1) is 13.2 Å². The number of carbonyl (C=O) groups excluding carboxylic acids is 1. The van der Waals surface area contributed by atoms with Crippen LogP contribution in [0.4, 0.5) is 4.79 Å². The molecule has 3 rings (SSSR count). The quantitative estimate of drug-likeness (QED) is 0.859. The van der Waals surface area contributed by atoms with Crippen LogP contribution >= 0.6 is 0 Å². The standard InChI is InChI=1S/C16H20N4O3/c1-2-22-16(21)20-10-8-19(9-11-20)12-14-17-18-15(23-14)13-6-4-3-5-7-13/h3-7H,2,8-12H2,1H3. The summed E-state index contributed by atoms with van der Waals surface area (Å²) in [5.74, 6) is 1.12. The predicted octanol–water partition coefficient (Wildman–Crippen LogP) is 2.01. The minimum atomic E-state index is -0.240. The third-order valence-corrected chi connectivity index (χ3v) is 3.74. The van der Waals surface area contributed by atoms with Crippen LogP contribution in [0, 0.1) is 0 Å². The van der Waals surface area contributed by atoms with Gasteiger partial charge in [0, 0.05) is 31.7 Å². The summed E-state index contributed by atoms with van der Waals surface area (Å²) in [6.07, 6.45) is -0.240. The number of nitrogens with zero attached hydrogens (tertiary/aromatic N) is 4. The van der Waals surface area contributed by atoms with E-state index >= 15 is 0 Å². The molecule has 0 bridgehead atoms. The highest BCUT2D eigenvalue weighted by Crippen LogP contribution is 2.18. The van der Waals surface area contributed by atoms with E-state index in [2.05, 4.69) is 15.1 Å². The Morgan fingerprint density at radius 1 is 1.17 bits per heavy atom. The molecule has 1 aliphatic heterocycles. The van der Waals surface area contributed by atoms with E-state index in [1.54, 1.807) is 4.90 Å². The number of rotatable bonds is 4. The first kappa shape index (κ1) is 15.5. The summed E-state index contributed by atoms with van der Waals surface area (Å²) in [6.45, 7) is 5.65. The van der Waals surface area contributed by atoms with Gasteiger partial charge in [-0.3, -0.25) is 4.90 Å². The van der Waals surface area contributed by atoms with Crippen molar-refractivity contribution in [3.63, 3.8) is 0 Å². The van der Waals surface area contributed by atoms with Crippen molar-refractivity contribution in [2.45, 2.75) is 13.5 Å². The fourth-order valence-corrected chi connectivity index (χ4v) is 2.51. The summed E-state index contributed by atoms with van der Waals surface area (Å²) in [5.41, 5.74) is 0.915. The van der Waals surface area contributed by atoms with Gasteiger partial charge in [-0.2, -0.15) is 0 Å². The van der Waals surface area contributed by atoms with Gasteiger partial charge in [0.2, 0.25) is 11.8 Å². The highest BCUT2D eigenvalue weighted by molar-refractivity contribution is 5.67. The van der Waals surface area contributed by atoms with Crippen LogP contribution in [0.2, 0.25) is 0 Å². The summed E-state index contributed by atoms with van der Waals surface area (Å²) in [6, 6.07) is 9.70. The Morgan fingerprint density at radius 2 is 1.91 bits per heavy atom. The molecular formula is C16H20N4O3. The number of hydrogen-bond donors (Lipinski definition) is 0. The molecule has 0 radical (unpaired) electrons. The van der Waals surface area contributed by atoms with E-state index < -0.39 is 0 Å². The van der Waals surface area contributed by atoms with Crippen molar-refractivity contribution >= 4 is 6.09 Å². The molecule has 1 aromatic carbocycles. The SMILES string of the molecule is CCOC(=O)N1CCN(Cc2nnc(-c3ccccc3)o2)CC1. The van der Waals surface area contributed by atoms with Gasteiger partial charge < -0.3 is 14.1 Å². The summed E-state index contributed by atoms with van der Waals surface area (Å²) < 4.78 is 10.7. The van der Waals surface area contributed by atoms with Crippen molar-refractivity contribution in [2.75, 3.05) is 32.8 Å². The van der Waals surface area contributed by atoms with E-state index in [0.717, 1.165) is 18.7 Å². The molecule has 2 heterocycles. The highest BCUT2D eigenvalue weighted by atomic mass is 16.6. The first-order chi connectivity index (χ1) is 11.3. The molecule has 0 N–H and O–H groups in total. The smallest absolute Gasteiger partial charge is 0.409 e. The van der Waals surface area contributed by atoms with Gasteiger partial charge in [-0.15, -0.1) is 10.2 Å². The van der Waals surface area contributed by atoms with Gasteiger partial charge >= 0.3 is 6.09 Å². The van der Waals surface area contributed by atoms with E-state index in [0.29, 0.717) is 38.0 Å². The molecule has 7 nitrogen and oxygen atoms in total. The number of aromatic nitrogens is 2. The van der Waals surface area contributed by atoms with Gasteiger partial charge in [-0.25, -0.2) is 4.79 Å². The molecule has 1 aliphatic rings. The Hall–Kier alpha value is -2.41. The Kier molecular flexibility index (Phi) is 4.87. The maximum atomic E-state index is 11.7. The lowest BCUT2D eigenvalue weighted by molar-refractivity contribution is 0.0756. The van der Waals surface area contributed by atoms with E-state index in [1.165, 1.54) is 0 Å². The van der Waals surface area contributed by atoms with Crippen LogP contribution in [0.25, 0.3) is 11.5 Å². The van der Waals surface area contributed by atoms with Crippen molar-refractivity contribution < 1.29 is 13.9 Å². The molecule has 1 amide bonds. The third-order valence-electron chi connectivity index (χ3n) is 3.74. The Labute approximate surface area is 134 Å². The number of benzene rings is 1. The molecule has 1 aromatic heterocycles. The fourth-order valence-electron chi connectivity index (χ4n) is 2.51. The maximum Gasteiger partial charge on any atom is 0.409 e. The monoisotopic (exact) mass is 316 g/mol. The highest BCUT2D eigenvalue weighted by Gasteiger charge is 2.23. The lowest BCUT2D eigenvalue weighted by atomic mass is 10.2. The number of piperazine rings is 1. The van der Waals surface area contributed by atoms with Crippen LogP contribution < -0.4 is 0 Å². The van der Waals surface area contributed by atoms with Gasteiger partial charge in [0.15, 0.2) is 0 Å². The summed E-state index contributed by atoms with van der Waals surface area (Å²) >= 11 is 0. The fraction of sp³-hybridized carbons (Fsp3) is 0.438. The molecule has 0 saturated carbocycles. The van der Waals surface area contributed by atoms with Gasteiger partial charge in [0.25, 0.3) is 0 Å². The zero-order valence-corrected chi connectivity index (χ0v) is 13.1.